The largest absolute Gasteiger partial charge is 0.479 e. The van der Waals surface area contributed by atoms with Crippen LogP contribution in [0.3, 0.4) is 0 Å². The molecular weight excluding hydrogens is 328 g/mol. The second kappa shape index (κ2) is 21.7. The third-order valence-electron chi connectivity index (χ3n) is 1.97. The third-order valence-corrected chi connectivity index (χ3v) is 1.97. The molecule has 146 valence electrons. The maximum Gasteiger partial charge on any atom is 0.335 e. The van der Waals surface area contributed by atoms with Crippen molar-refractivity contribution in [1.29, 1.82) is 0 Å². The number of carboxylic acid groups (broad SMARTS) is 2. The van der Waals surface area contributed by atoms with Crippen molar-refractivity contribution in [1.82, 2.24) is 0 Å². The number of hydrogen-bond donors (Lipinski definition) is 6. The molecule has 0 radical (unpaired) electrons. The molecule has 10 heteroatoms. The summed E-state index contributed by atoms with van der Waals surface area (Å²) in [6.07, 6.45) is -2.25. The fourth-order valence-corrected chi connectivity index (χ4v) is 0.892. The van der Waals surface area contributed by atoms with E-state index in [1.54, 1.807) is 0 Å². The molecule has 0 amide bonds. The van der Waals surface area contributed by atoms with Crippen molar-refractivity contribution < 1.29 is 49.7 Å². The van der Waals surface area contributed by atoms with Crippen molar-refractivity contribution in [3.8, 4) is 0 Å². The van der Waals surface area contributed by atoms with E-state index in [0.29, 0.717) is 13.2 Å². The van der Waals surface area contributed by atoms with Crippen LogP contribution >= 0.6 is 0 Å². The van der Waals surface area contributed by atoms with Crippen LogP contribution < -0.4 is 0 Å². The SMILES string of the molecule is CCCOCCC.O=C(O)C(O)C(O)C(=O)O.OCCOCCO. The molecule has 0 aliphatic carbocycles. The van der Waals surface area contributed by atoms with Gasteiger partial charge in [0.2, 0.25) is 0 Å². The first-order valence-corrected chi connectivity index (χ1v) is 7.48. The standard InChI is InChI=1S/C6H14O.C4H6O6.C4H10O3/c1-3-5-7-6-4-2;5-1(3(7)8)2(6)4(9)10;5-1-3-7-4-2-6/h3-6H2,1-2H3;1-2,5-6H,(H,7,8)(H,9,10);5-6H,1-4H2. The molecule has 0 spiro atoms. The number of carboxylic acids is 2. The van der Waals surface area contributed by atoms with Gasteiger partial charge in [-0.3, -0.25) is 0 Å². The summed E-state index contributed by atoms with van der Waals surface area (Å²) in [5.74, 6) is -3.54. The Morgan fingerprint density at radius 3 is 1.25 bits per heavy atom. The highest BCUT2D eigenvalue weighted by molar-refractivity contribution is 5.83. The zero-order valence-electron chi connectivity index (χ0n) is 14.1. The van der Waals surface area contributed by atoms with Crippen LogP contribution in [0.5, 0.6) is 0 Å². The smallest absolute Gasteiger partial charge is 0.335 e. The highest BCUT2D eigenvalue weighted by Crippen LogP contribution is 1.92. The first-order chi connectivity index (χ1) is 11.3. The average Bonchev–Trinajstić information content (AvgIpc) is 2.55. The molecule has 0 aromatic carbocycles. The van der Waals surface area contributed by atoms with Crippen molar-refractivity contribution >= 4 is 11.9 Å². The van der Waals surface area contributed by atoms with Gasteiger partial charge in [-0.05, 0) is 12.8 Å². The summed E-state index contributed by atoms with van der Waals surface area (Å²) in [4.78, 5) is 19.5. The van der Waals surface area contributed by atoms with Gasteiger partial charge >= 0.3 is 11.9 Å². The minimum atomic E-state index is -2.27. The number of hydrogen-bond acceptors (Lipinski definition) is 8. The lowest BCUT2D eigenvalue weighted by Crippen LogP contribution is -2.39. The van der Waals surface area contributed by atoms with E-state index in [2.05, 4.69) is 18.6 Å². The topological polar surface area (TPSA) is 174 Å². The van der Waals surface area contributed by atoms with E-state index in [0.717, 1.165) is 26.1 Å². The Balaban J connectivity index is -0.000000283. The van der Waals surface area contributed by atoms with E-state index in [1.807, 2.05) is 0 Å². The number of aliphatic hydroxyl groups excluding tert-OH is 4. The zero-order valence-corrected chi connectivity index (χ0v) is 14.1. The maximum atomic E-state index is 9.77. The molecule has 10 nitrogen and oxygen atoms in total. The molecule has 6 N–H and O–H groups in total. The first kappa shape index (κ1) is 27.5. The predicted octanol–water partition coefficient (Wildman–Crippen LogP) is -1.31. The van der Waals surface area contributed by atoms with E-state index in [-0.39, 0.29) is 13.2 Å². The molecule has 0 heterocycles. The summed E-state index contributed by atoms with van der Waals surface area (Å²) in [5.41, 5.74) is 0. The van der Waals surface area contributed by atoms with Crippen LogP contribution in [0.1, 0.15) is 26.7 Å². The lowest BCUT2D eigenvalue weighted by atomic mass is 10.2. The number of ether oxygens (including phenoxy) is 2. The zero-order chi connectivity index (χ0) is 19.4. The minimum Gasteiger partial charge on any atom is -0.479 e. The molecule has 0 saturated carbocycles. The van der Waals surface area contributed by atoms with E-state index in [9.17, 15) is 9.59 Å². The van der Waals surface area contributed by atoms with Crippen LogP contribution in [0.2, 0.25) is 0 Å². The van der Waals surface area contributed by atoms with Crippen molar-refractivity contribution in [2.24, 2.45) is 0 Å². The van der Waals surface area contributed by atoms with Gasteiger partial charge in [0.1, 0.15) is 0 Å². The monoisotopic (exact) mass is 358 g/mol. The molecule has 0 aromatic heterocycles. The maximum absolute atomic E-state index is 9.77. The van der Waals surface area contributed by atoms with Crippen LogP contribution in [-0.4, -0.2) is 94.4 Å². The minimum absolute atomic E-state index is 0.0278. The van der Waals surface area contributed by atoms with Gasteiger partial charge in [0.15, 0.2) is 12.2 Å². The summed E-state index contributed by atoms with van der Waals surface area (Å²) in [6.45, 7) is 6.79. The van der Waals surface area contributed by atoms with Crippen molar-refractivity contribution in [3.63, 3.8) is 0 Å². The Labute approximate surface area is 141 Å². The van der Waals surface area contributed by atoms with E-state index < -0.39 is 24.1 Å². The van der Waals surface area contributed by atoms with Gasteiger partial charge in [0.25, 0.3) is 0 Å². The molecule has 0 aromatic rings. The Hall–Kier alpha value is -1.30. The molecule has 24 heavy (non-hydrogen) atoms. The average molecular weight is 358 g/mol. The van der Waals surface area contributed by atoms with E-state index in [4.69, 9.17) is 35.4 Å². The summed E-state index contributed by atoms with van der Waals surface area (Å²) in [7, 11) is 0. The Bertz CT molecular complexity index is 249. The van der Waals surface area contributed by atoms with Crippen LogP contribution in [0.15, 0.2) is 0 Å². The molecule has 0 aliphatic rings. The van der Waals surface area contributed by atoms with Crippen LogP contribution in [0, 0.1) is 0 Å². The molecule has 0 aliphatic heterocycles. The van der Waals surface area contributed by atoms with Crippen LogP contribution in [0.25, 0.3) is 0 Å². The number of aliphatic carboxylic acids is 2. The molecular formula is C14H30O10. The summed E-state index contributed by atoms with van der Waals surface area (Å²) in [6, 6.07) is 0. The lowest BCUT2D eigenvalue weighted by Gasteiger charge is -2.07. The van der Waals surface area contributed by atoms with Gasteiger partial charge in [-0.15, -0.1) is 0 Å². The normalized spacial score (nSPS) is 12.1. The Kier molecular flexibility index (Phi) is 24.9. The molecule has 2 atom stereocenters. The predicted molar refractivity (Wildman–Crippen MR) is 83.7 cm³/mol. The number of rotatable bonds is 11. The molecule has 2 unspecified atom stereocenters. The summed E-state index contributed by atoms with van der Waals surface area (Å²) < 4.78 is 9.76. The van der Waals surface area contributed by atoms with Gasteiger partial charge < -0.3 is 40.1 Å². The molecule has 0 bridgehead atoms. The number of carbonyl (C=O) groups is 2. The fourth-order valence-electron chi connectivity index (χ4n) is 0.892. The lowest BCUT2D eigenvalue weighted by molar-refractivity contribution is -0.165. The molecule has 0 rings (SSSR count). The highest BCUT2D eigenvalue weighted by atomic mass is 16.5. The van der Waals surface area contributed by atoms with Crippen molar-refractivity contribution in [2.45, 2.75) is 38.9 Å². The van der Waals surface area contributed by atoms with Gasteiger partial charge in [-0.1, -0.05) is 13.8 Å². The summed E-state index contributed by atoms with van der Waals surface area (Å²) in [5, 5.41) is 48.7. The van der Waals surface area contributed by atoms with Gasteiger partial charge in [-0.25, -0.2) is 9.59 Å². The Morgan fingerprint density at radius 1 is 0.750 bits per heavy atom. The van der Waals surface area contributed by atoms with Gasteiger partial charge in [0, 0.05) is 13.2 Å². The molecule has 0 saturated heterocycles. The van der Waals surface area contributed by atoms with Gasteiger partial charge in [-0.2, -0.15) is 0 Å². The summed E-state index contributed by atoms with van der Waals surface area (Å²) >= 11 is 0. The van der Waals surface area contributed by atoms with Crippen LogP contribution in [0.4, 0.5) is 0 Å². The van der Waals surface area contributed by atoms with Crippen LogP contribution in [-0.2, 0) is 19.1 Å². The highest BCUT2D eigenvalue weighted by Gasteiger charge is 2.29. The quantitative estimate of drug-likeness (QED) is 0.243. The second-order valence-electron chi connectivity index (χ2n) is 4.24. The van der Waals surface area contributed by atoms with Crippen molar-refractivity contribution in [2.75, 3.05) is 39.6 Å². The van der Waals surface area contributed by atoms with E-state index in [1.165, 1.54) is 0 Å². The number of aliphatic hydroxyl groups is 4. The second-order valence-corrected chi connectivity index (χ2v) is 4.24. The molecule has 0 fully saturated rings. The first-order valence-electron chi connectivity index (χ1n) is 7.48. The van der Waals surface area contributed by atoms with E-state index >= 15 is 0 Å². The fraction of sp³-hybridized carbons (Fsp3) is 0.857. The van der Waals surface area contributed by atoms with Gasteiger partial charge in [0.05, 0.1) is 26.4 Å². The Morgan fingerprint density at radius 2 is 1.04 bits per heavy atom. The van der Waals surface area contributed by atoms with Crippen molar-refractivity contribution in [3.05, 3.63) is 0 Å². The third kappa shape index (κ3) is 23.0.